The van der Waals surface area contributed by atoms with Crippen molar-refractivity contribution >= 4 is 57.1 Å². The van der Waals surface area contributed by atoms with Gasteiger partial charge in [0, 0.05) is 50.4 Å². The molecule has 1 amide bonds. The minimum absolute atomic E-state index is 0.104. The van der Waals surface area contributed by atoms with Crippen molar-refractivity contribution in [1.82, 2.24) is 14.8 Å². The van der Waals surface area contributed by atoms with E-state index in [1.54, 1.807) is 36.5 Å². The van der Waals surface area contributed by atoms with E-state index in [4.69, 9.17) is 27.9 Å². The van der Waals surface area contributed by atoms with Gasteiger partial charge in [-0.1, -0.05) is 53.5 Å². The maximum absolute atomic E-state index is 13.3. The van der Waals surface area contributed by atoms with Gasteiger partial charge in [0.2, 0.25) is 4.90 Å². The molecule has 1 aromatic heterocycles. The molecular weight excluding hydrogens is 543 g/mol. The quantitative estimate of drug-likeness (QED) is 0.290. The number of fused-ring (bicyclic) bond motifs is 1. The van der Waals surface area contributed by atoms with E-state index in [1.807, 2.05) is 41.3 Å². The van der Waals surface area contributed by atoms with Gasteiger partial charge >= 0.3 is 0 Å². The zero-order chi connectivity index (χ0) is 26.6. The van der Waals surface area contributed by atoms with Gasteiger partial charge in [0.15, 0.2) is 0 Å². The van der Waals surface area contributed by atoms with Crippen LogP contribution in [0.25, 0.3) is 10.9 Å². The molecule has 4 aromatic rings. The Labute approximate surface area is 234 Å². The highest BCUT2D eigenvalue weighted by molar-refractivity contribution is 7.93. The second-order valence-electron chi connectivity index (χ2n) is 8.90. The number of benzene rings is 3. The lowest BCUT2D eigenvalue weighted by Crippen LogP contribution is -2.48. The number of hydrogen-bond acceptors (Lipinski definition) is 6. The summed E-state index contributed by atoms with van der Waals surface area (Å²) in [4.78, 5) is 22.4. The highest BCUT2D eigenvalue weighted by atomic mass is 35.5. The standard InChI is InChI=1S/C28H26Cl2N4O3S/c1-37-24-17-21(32-38(36)25-9-3-5-19-7-4-12-31-27(19)25)10-11-22(24)28(35)34-15-13-33(14-16-34)18-20-6-2-8-23(29)26(20)30/h2-12,17,32H,13-16,18H2,1H3. The SMILES string of the molecule is COc1cc(N[S+]([O-])c2cccc3cccnc23)ccc1C(=O)N1CCN(Cc2cccc(Cl)c2Cl)CC1. The molecule has 0 radical (unpaired) electrons. The van der Waals surface area contributed by atoms with E-state index in [-0.39, 0.29) is 5.91 Å². The number of carbonyl (C=O) groups is 1. The highest BCUT2D eigenvalue weighted by Crippen LogP contribution is 2.29. The van der Waals surface area contributed by atoms with Crippen LogP contribution in [0.1, 0.15) is 15.9 Å². The number of pyridine rings is 1. The third kappa shape index (κ3) is 5.70. The number of carbonyl (C=O) groups excluding carboxylic acids is 1. The van der Waals surface area contributed by atoms with Crippen LogP contribution in [0.5, 0.6) is 5.75 Å². The average molecular weight is 570 g/mol. The van der Waals surface area contributed by atoms with E-state index in [9.17, 15) is 9.35 Å². The molecule has 3 aromatic carbocycles. The van der Waals surface area contributed by atoms with Gasteiger partial charge in [-0.15, -0.1) is 0 Å². The second kappa shape index (κ2) is 11.8. The largest absolute Gasteiger partial charge is 0.588 e. The van der Waals surface area contributed by atoms with Crippen LogP contribution in [0.4, 0.5) is 5.69 Å². The third-order valence-electron chi connectivity index (χ3n) is 6.52. The number of nitrogens with zero attached hydrogens (tertiary/aromatic N) is 3. The van der Waals surface area contributed by atoms with Gasteiger partial charge in [-0.2, -0.15) is 0 Å². The molecular formula is C28H26Cl2N4O3S. The maximum atomic E-state index is 13.3. The van der Waals surface area contributed by atoms with Crippen molar-refractivity contribution in [3.05, 3.63) is 94.1 Å². The van der Waals surface area contributed by atoms with Crippen LogP contribution < -0.4 is 9.46 Å². The van der Waals surface area contributed by atoms with Crippen molar-refractivity contribution in [3.63, 3.8) is 0 Å². The van der Waals surface area contributed by atoms with Crippen LogP contribution in [0, 0.1) is 0 Å². The average Bonchev–Trinajstić information content (AvgIpc) is 2.95. The van der Waals surface area contributed by atoms with Gasteiger partial charge in [-0.3, -0.25) is 14.7 Å². The van der Waals surface area contributed by atoms with Crippen molar-refractivity contribution in [2.45, 2.75) is 11.4 Å². The molecule has 1 saturated heterocycles. The minimum Gasteiger partial charge on any atom is -0.588 e. The molecule has 5 rings (SSSR count). The molecule has 0 bridgehead atoms. The fourth-order valence-corrected chi connectivity index (χ4v) is 5.89. The van der Waals surface area contributed by atoms with E-state index in [0.717, 1.165) is 10.9 Å². The van der Waals surface area contributed by atoms with Crippen molar-refractivity contribution in [2.75, 3.05) is 38.0 Å². The number of para-hydroxylation sites is 1. The summed E-state index contributed by atoms with van der Waals surface area (Å²) in [5.74, 6) is 0.314. The predicted octanol–water partition coefficient (Wildman–Crippen LogP) is 5.64. The molecule has 1 fully saturated rings. The number of rotatable bonds is 7. The Morgan fingerprint density at radius 3 is 2.61 bits per heavy atom. The highest BCUT2D eigenvalue weighted by Gasteiger charge is 2.26. The Hall–Kier alpha value is -3.01. The van der Waals surface area contributed by atoms with Crippen LogP contribution in [0.15, 0.2) is 77.8 Å². The van der Waals surface area contributed by atoms with E-state index < -0.39 is 11.4 Å². The third-order valence-corrected chi connectivity index (χ3v) is 8.53. The Balaban J connectivity index is 1.24. The normalized spacial score (nSPS) is 14.9. The Morgan fingerprint density at radius 1 is 1.05 bits per heavy atom. The first-order valence-corrected chi connectivity index (χ1v) is 14.0. The van der Waals surface area contributed by atoms with Crippen molar-refractivity contribution in [3.8, 4) is 5.75 Å². The Morgan fingerprint density at radius 2 is 1.82 bits per heavy atom. The number of ether oxygens (including phenoxy) is 1. The summed E-state index contributed by atoms with van der Waals surface area (Å²) < 4.78 is 21.7. The van der Waals surface area contributed by atoms with Crippen LogP contribution in [-0.2, 0) is 17.9 Å². The number of aromatic nitrogens is 1. The summed E-state index contributed by atoms with van der Waals surface area (Å²) in [6.07, 6.45) is 1.68. The van der Waals surface area contributed by atoms with Crippen molar-refractivity contribution in [2.24, 2.45) is 0 Å². The van der Waals surface area contributed by atoms with E-state index >= 15 is 0 Å². The summed E-state index contributed by atoms with van der Waals surface area (Å²) in [6, 6.07) is 20.1. The summed E-state index contributed by atoms with van der Waals surface area (Å²) in [6.45, 7) is 3.27. The molecule has 0 spiro atoms. The van der Waals surface area contributed by atoms with Crippen LogP contribution >= 0.6 is 23.2 Å². The summed E-state index contributed by atoms with van der Waals surface area (Å²) in [5, 5.41) is 2.03. The van der Waals surface area contributed by atoms with Gasteiger partial charge in [0.05, 0.1) is 28.4 Å². The molecule has 1 atom stereocenters. The topological polar surface area (TPSA) is 80.8 Å². The van der Waals surface area contributed by atoms with E-state index in [0.29, 0.717) is 70.2 Å². The van der Waals surface area contributed by atoms with E-state index in [1.165, 1.54) is 7.11 Å². The summed E-state index contributed by atoms with van der Waals surface area (Å²) >= 11 is 10.9. The van der Waals surface area contributed by atoms with Gasteiger partial charge in [0.1, 0.15) is 22.6 Å². The lowest BCUT2D eigenvalue weighted by Gasteiger charge is -2.35. The predicted molar refractivity (Wildman–Crippen MR) is 152 cm³/mol. The molecule has 1 aliphatic heterocycles. The van der Waals surface area contributed by atoms with Crippen LogP contribution in [-0.4, -0.2) is 58.5 Å². The summed E-state index contributed by atoms with van der Waals surface area (Å²) in [5.41, 5.74) is 2.69. The van der Waals surface area contributed by atoms with Gasteiger partial charge in [-0.05, 0) is 35.9 Å². The Bertz CT molecular complexity index is 1460. The number of hydrogen-bond donors (Lipinski definition) is 1. The lowest BCUT2D eigenvalue weighted by atomic mass is 10.1. The second-order valence-corrected chi connectivity index (χ2v) is 10.9. The van der Waals surface area contributed by atoms with Gasteiger partial charge in [0.25, 0.3) is 5.91 Å². The smallest absolute Gasteiger partial charge is 0.257 e. The van der Waals surface area contributed by atoms with Crippen LogP contribution in [0.2, 0.25) is 10.0 Å². The fourth-order valence-electron chi connectivity index (χ4n) is 4.51. The zero-order valence-electron chi connectivity index (χ0n) is 20.7. The van der Waals surface area contributed by atoms with Gasteiger partial charge < -0.3 is 14.2 Å². The number of nitrogens with one attached hydrogen (secondary N) is 1. The number of anilines is 1. The molecule has 0 saturated carbocycles. The molecule has 1 aliphatic rings. The maximum Gasteiger partial charge on any atom is 0.257 e. The zero-order valence-corrected chi connectivity index (χ0v) is 23.0. The molecule has 7 nitrogen and oxygen atoms in total. The molecule has 2 heterocycles. The molecule has 10 heteroatoms. The lowest BCUT2D eigenvalue weighted by molar-refractivity contribution is 0.0625. The monoisotopic (exact) mass is 568 g/mol. The first-order chi connectivity index (χ1) is 18.4. The first kappa shape index (κ1) is 26.6. The first-order valence-electron chi connectivity index (χ1n) is 12.1. The molecule has 1 N–H and O–H groups in total. The molecule has 1 unspecified atom stereocenters. The minimum atomic E-state index is -1.55. The number of amides is 1. The van der Waals surface area contributed by atoms with Crippen molar-refractivity contribution < 1.29 is 14.1 Å². The molecule has 196 valence electrons. The number of methoxy groups -OCH3 is 1. The Kier molecular flexibility index (Phi) is 8.26. The van der Waals surface area contributed by atoms with Gasteiger partial charge in [-0.25, -0.2) is 4.72 Å². The van der Waals surface area contributed by atoms with Crippen LogP contribution in [0.3, 0.4) is 0 Å². The fraction of sp³-hybridized carbons (Fsp3) is 0.214. The molecule has 38 heavy (non-hydrogen) atoms. The van der Waals surface area contributed by atoms with Crippen molar-refractivity contribution in [1.29, 1.82) is 0 Å². The number of halogens is 2. The molecule has 0 aliphatic carbocycles. The summed E-state index contributed by atoms with van der Waals surface area (Å²) in [7, 11) is 1.52. The van der Waals surface area contributed by atoms with E-state index in [2.05, 4.69) is 14.6 Å². The number of piperazine rings is 1.